The molecule has 0 saturated carbocycles. The van der Waals surface area contributed by atoms with Gasteiger partial charge < -0.3 is 12.4 Å². The van der Waals surface area contributed by atoms with Gasteiger partial charge in [0.25, 0.3) is 0 Å². The molecular formula is C8H14ClN2. The van der Waals surface area contributed by atoms with E-state index in [1.54, 1.807) is 0 Å². The van der Waals surface area contributed by atoms with Crippen molar-refractivity contribution in [3.05, 3.63) is 19.1 Å². The molecule has 0 aromatic rings. The van der Waals surface area contributed by atoms with Crippen molar-refractivity contribution in [2.45, 2.75) is 19.8 Å². The van der Waals surface area contributed by atoms with Crippen LogP contribution in [0.15, 0.2) is 12.4 Å². The molecule has 0 saturated heterocycles. The van der Waals surface area contributed by atoms with E-state index in [9.17, 15) is 0 Å². The molecular weight excluding hydrogens is 160 g/mol. The van der Waals surface area contributed by atoms with Crippen molar-refractivity contribution < 1.29 is 12.4 Å². The summed E-state index contributed by atoms with van der Waals surface area (Å²) in [6.45, 7) is 6.44. The lowest BCUT2D eigenvalue weighted by Gasteiger charge is -1.99. The van der Waals surface area contributed by atoms with Gasteiger partial charge in [-0.15, -0.1) is 9.80 Å². The summed E-state index contributed by atoms with van der Waals surface area (Å²) in [5, 5.41) is 0. The molecule has 0 atom stereocenters. The lowest BCUT2D eigenvalue weighted by atomic mass is 10.3. The molecule has 0 spiro atoms. The monoisotopic (exact) mass is 173 g/mol. The molecule has 1 aliphatic rings. The highest BCUT2D eigenvalue weighted by molar-refractivity contribution is 4.94. The molecule has 63 valence electrons. The van der Waals surface area contributed by atoms with E-state index in [0.29, 0.717) is 0 Å². The molecule has 0 aromatic carbocycles. The Morgan fingerprint density at radius 1 is 1.36 bits per heavy atom. The summed E-state index contributed by atoms with van der Waals surface area (Å²) >= 11 is 0. The van der Waals surface area contributed by atoms with Crippen LogP contribution in [0, 0.1) is 6.67 Å². The van der Waals surface area contributed by atoms with Crippen molar-refractivity contribution in [3.8, 4) is 0 Å². The van der Waals surface area contributed by atoms with Crippen LogP contribution in [0.4, 0.5) is 0 Å². The lowest BCUT2D eigenvalue weighted by molar-refractivity contribution is -0.00000221. The van der Waals surface area contributed by atoms with Crippen molar-refractivity contribution in [1.82, 2.24) is 9.80 Å². The van der Waals surface area contributed by atoms with Crippen LogP contribution >= 0.6 is 0 Å². The van der Waals surface area contributed by atoms with Crippen molar-refractivity contribution in [1.29, 1.82) is 0 Å². The minimum atomic E-state index is 0. The van der Waals surface area contributed by atoms with Gasteiger partial charge in [-0.25, -0.2) is 0 Å². The lowest BCUT2D eigenvalue weighted by Crippen LogP contribution is -3.00. The van der Waals surface area contributed by atoms with Crippen LogP contribution in [0.1, 0.15) is 19.8 Å². The van der Waals surface area contributed by atoms with Crippen LogP contribution in [0.3, 0.4) is 0 Å². The topological polar surface area (TPSA) is 6.48 Å². The Labute approximate surface area is 75.3 Å². The van der Waals surface area contributed by atoms with Crippen LogP contribution in [-0.2, 0) is 0 Å². The molecule has 1 heterocycles. The highest BCUT2D eigenvalue weighted by Crippen LogP contribution is 2.08. The number of hydrogen-bond acceptors (Lipinski definition) is 2. The number of rotatable bonds is 3. The largest absolute Gasteiger partial charge is 1.00 e. The summed E-state index contributed by atoms with van der Waals surface area (Å²) in [6, 6.07) is 0. The molecule has 0 fully saturated rings. The summed E-state index contributed by atoms with van der Waals surface area (Å²) in [4.78, 5) is 4.03. The quantitative estimate of drug-likeness (QED) is 0.480. The van der Waals surface area contributed by atoms with E-state index in [2.05, 4.69) is 24.7 Å². The Balaban J connectivity index is 0.000001000. The van der Waals surface area contributed by atoms with Gasteiger partial charge in [-0.05, 0) is 6.42 Å². The first-order valence-corrected chi connectivity index (χ1v) is 3.77. The zero-order valence-electron chi connectivity index (χ0n) is 7.05. The van der Waals surface area contributed by atoms with Gasteiger partial charge in [0.05, 0.1) is 26.0 Å². The highest BCUT2D eigenvalue weighted by Gasteiger charge is 2.26. The first-order valence-electron chi connectivity index (χ1n) is 3.77. The summed E-state index contributed by atoms with van der Waals surface area (Å²) in [5.74, 6) is 0. The van der Waals surface area contributed by atoms with Gasteiger partial charge in [0.1, 0.15) is 0 Å². The van der Waals surface area contributed by atoms with Gasteiger partial charge in [-0.2, -0.15) is 0 Å². The molecule has 0 unspecified atom stereocenters. The summed E-state index contributed by atoms with van der Waals surface area (Å²) < 4.78 is 0. The third-order valence-corrected chi connectivity index (χ3v) is 1.51. The van der Waals surface area contributed by atoms with E-state index >= 15 is 0 Å². The van der Waals surface area contributed by atoms with Crippen LogP contribution < -0.4 is 12.4 Å². The van der Waals surface area contributed by atoms with Gasteiger partial charge in [-0.1, -0.05) is 13.3 Å². The molecule has 1 aliphatic heterocycles. The number of nitrogens with zero attached hydrogens (tertiary/aromatic N) is 2. The minimum Gasteiger partial charge on any atom is -1.00 e. The Hall–Kier alpha value is -0.500. The Kier molecular flexibility index (Phi) is 4.95. The minimum absolute atomic E-state index is 0. The van der Waals surface area contributed by atoms with E-state index in [0.717, 1.165) is 6.54 Å². The molecule has 1 radical (unpaired) electrons. The smallest absolute Gasteiger partial charge is 0.564 e. The van der Waals surface area contributed by atoms with E-state index in [1.165, 1.54) is 12.8 Å². The zero-order chi connectivity index (χ0) is 7.40. The van der Waals surface area contributed by atoms with Crippen molar-refractivity contribution in [3.63, 3.8) is 0 Å². The zero-order valence-corrected chi connectivity index (χ0v) is 7.80. The van der Waals surface area contributed by atoms with Crippen molar-refractivity contribution in [2.75, 3.05) is 13.6 Å². The van der Waals surface area contributed by atoms with Gasteiger partial charge >= 0.3 is 6.67 Å². The fraction of sp³-hybridized carbons (Fsp3) is 0.625. The highest BCUT2D eigenvalue weighted by atomic mass is 35.5. The molecule has 0 aliphatic carbocycles. The van der Waals surface area contributed by atoms with Gasteiger partial charge in [0, 0.05) is 0 Å². The van der Waals surface area contributed by atoms with E-state index < -0.39 is 0 Å². The SMILES string of the molecule is CCCCN1[C+]N(C)C=C1.[Cl-]. The molecule has 0 amide bonds. The molecule has 0 N–H and O–H groups in total. The predicted molar refractivity (Wildman–Crippen MR) is 41.8 cm³/mol. The van der Waals surface area contributed by atoms with Gasteiger partial charge in [0.15, 0.2) is 0 Å². The second-order valence-electron chi connectivity index (χ2n) is 2.56. The fourth-order valence-corrected chi connectivity index (χ4v) is 0.903. The fourth-order valence-electron chi connectivity index (χ4n) is 0.903. The summed E-state index contributed by atoms with van der Waals surface area (Å²) in [5.41, 5.74) is 0. The van der Waals surface area contributed by atoms with Crippen LogP contribution in [0.2, 0.25) is 0 Å². The van der Waals surface area contributed by atoms with Crippen LogP contribution in [0.5, 0.6) is 0 Å². The van der Waals surface area contributed by atoms with Crippen molar-refractivity contribution >= 4 is 0 Å². The first kappa shape index (κ1) is 10.5. The normalized spacial score (nSPS) is 14.7. The standard InChI is InChI=1S/C8H14N2.ClH/c1-3-4-5-10-7-6-9(2)8-10;/h6-7H,3-5H2,1-2H3;1H/q+1;/p-1. The Morgan fingerprint density at radius 2 is 2.09 bits per heavy atom. The average Bonchev–Trinajstić information content (AvgIpc) is 2.31. The van der Waals surface area contributed by atoms with Crippen molar-refractivity contribution in [2.24, 2.45) is 0 Å². The number of hydrogen-bond donors (Lipinski definition) is 0. The van der Waals surface area contributed by atoms with Crippen LogP contribution in [-0.4, -0.2) is 23.4 Å². The second kappa shape index (κ2) is 5.19. The Morgan fingerprint density at radius 3 is 2.55 bits per heavy atom. The molecule has 0 bridgehead atoms. The summed E-state index contributed by atoms with van der Waals surface area (Å²) in [7, 11) is 1.99. The maximum Gasteiger partial charge on any atom is 0.564 e. The predicted octanol–water partition coefficient (Wildman–Crippen LogP) is -1.49. The third kappa shape index (κ3) is 3.42. The molecule has 1 rings (SSSR count). The van der Waals surface area contributed by atoms with Crippen LogP contribution in [0.25, 0.3) is 0 Å². The van der Waals surface area contributed by atoms with E-state index in [4.69, 9.17) is 0 Å². The number of unbranched alkanes of at least 4 members (excludes halogenated alkanes) is 1. The second-order valence-corrected chi connectivity index (χ2v) is 2.56. The molecule has 3 heteroatoms. The van der Waals surface area contributed by atoms with E-state index in [-0.39, 0.29) is 12.4 Å². The van der Waals surface area contributed by atoms with Gasteiger partial charge in [-0.3, -0.25) is 0 Å². The molecule has 2 nitrogen and oxygen atoms in total. The molecule has 0 aromatic heterocycles. The first-order chi connectivity index (χ1) is 4.83. The third-order valence-electron chi connectivity index (χ3n) is 1.51. The maximum atomic E-state index is 3.14. The molecule has 11 heavy (non-hydrogen) atoms. The Bertz CT molecular complexity index is 125. The van der Waals surface area contributed by atoms with E-state index in [1.807, 2.05) is 18.1 Å². The number of halogens is 1. The average molecular weight is 174 g/mol. The summed E-state index contributed by atoms with van der Waals surface area (Å²) in [6.07, 6.45) is 6.55. The maximum absolute atomic E-state index is 3.14. The van der Waals surface area contributed by atoms with Gasteiger partial charge in [0.2, 0.25) is 0 Å².